The van der Waals surface area contributed by atoms with E-state index in [9.17, 15) is 10.1 Å². The molecular weight excluding hydrogens is 388 g/mol. The Morgan fingerprint density at radius 3 is 2.52 bits per heavy atom. The molecule has 148 valence electrons. The Kier molecular flexibility index (Phi) is 5.18. The third-order valence-electron chi connectivity index (χ3n) is 5.06. The van der Waals surface area contributed by atoms with Gasteiger partial charge in [0.15, 0.2) is 5.11 Å². The molecule has 29 heavy (non-hydrogen) atoms. The Morgan fingerprint density at radius 2 is 1.86 bits per heavy atom. The lowest BCUT2D eigenvalue weighted by atomic mass is 10.00. The fraction of sp³-hybridized carbons (Fsp3) is 0.190. The zero-order valence-electron chi connectivity index (χ0n) is 15.8. The highest BCUT2D eigenvalue weighted by atomic mass is 32.1. The number of non-ortho nitro benzene ring substituents is 1. The molecule has 1 aromatic heterocycles. The molecule has 1 aliphatic heterocycles. The molecule has 0 amide bonds. The molecule has 0 saturated heterocycles. The highest BCUT2D eigenvalue weighted by Crippen LogP contribution is 2.33. The molecule has 1 atom stereocenters. The van der Waals surface area contributed by atoms with Crippen LogP contribution < -0.4 is 10.1 Å². The van der Waals surface area contributed by atoms with E-state index in [1.54, 1.807) is 19.2 Å². The van der Waals surface area contributed by atoms with Crippen LogP contribution in [0, 0.1) is 10.1 Å². The van der Waals surface area contributed by atoms with Gasteiger partial charge in [0.05, 0.1) is 18.1 Å². The maximum Gasteiger partial charge on any atom is 0.269 e. The summed E-state index contributed by atoms with van der Waals surface area (Å²) >= 11 is 5.73. The van der Waals surface area contributed by atoms with Crippen molar-refractivity contribution < 1.29 is 9.66 Å². The van der Waals surface area contributed by atoms with Gasteiger partial charge in [-0.15, -0.1) is 0 Å². The topological polar surface area (TPSA) is 72.6 Å². The lowest BCUT2D eigenvalue weighted by Crippen LogP contribution is -2.44. The number of fused-ring (bicyclic) bond motifs is 1. The maximum atomic E-state index is 11.0. The number of nitro benzene ring substituents is 1. The average Bonchev–Trinajstić information content (AvgIpc) is 3.22. The van der Waals surface area contributed by atoms with Crippen LogP contribution in [0.2, 0.25) is 0 Å². The second-order valence-corrected chi connectivity index (χ2v) is 7.12. The quantitative estimate of drug-likeness (QED) is 0.396. The van der Waals surface area contributed by atoms with Crippen molar-refractivity contribution >= 4 is 28.7 Å². The van der Waals surface area contributed by atoms with E-state index in [0.29, 0.717) is 5.11 Å². The van der Waals surface area contributed by atoms with Gasteiger partial charge in [-0.25, -0.2) is 0 Å². The maximum absolute atomic E-state index is 11.0. The van der Waals surface area contributed by atoms with Gasteiger partial charge in [0.1, 0.15) is 5.75 Å². The SMILES string of the molecule is COc1ccc(NC(=S)N2CCn3cccc3[C@H]2c2ccc([N+](=O)[O-])cc2)cc1. The van der Waals surface area contributed by atoms with Crippen molar-refractivity contribution in [3.8, 4) is 5.75 Å². The third-order valence-corrected chi connectivity index (χ3v) is 5.40. The molecule has 0 radical (unpaired) electrons. The van der Waals surface area contributed by atoms with Crippen molar-refractivity contribution in [2.75, 3.05) is 19.0 Å². The van der Waals surface area contributed by atoms with Gasteiger partial charge in [-0.3, -0.25) is 10.1 Å². The lowest BCUT2D eigenvalue weighted by Gasteiger charge is -2.39. The first kappa shape index (κ1) is 18.9. The largest absolute Gasteiger partial charge is 0.497 e. The van der Waals surface area contributed by atoms with Crippen LogP contribution in [0.1, 0.15) is 17.3 Å². The van der Waals surface area contributed by atoms with E-state index in [4.69, 9.17) is 17.0 Å². The second-order valence-electron chi connectivity index (χ2n) is 6.73. The highest BCUT2D eigenvalue weighted by molar-refractivity contribution is 7.80. The number of nitro groups is 1. The molecule has 1 aliphatic rings. The number of hydrogen-bond donors (Lipinski definition) is 1. The molecule has 0 aliphatic carbocycles. The minimum atomic E-state index is -0.388. The van der Waals surface area contributed by atoms with Crippen LogP contribution in [0.15, 0.2) is 66.9 Å². The summed E-state index contributed by atoms with van der Waals surface area (Å²) in [5.74, 6) is 0.779. The number of hydrogen-bond acceptors (Lipinski definition) is 4. The number of thiocarbonyl (C=S) groups is 1. The van der Waals surface area contributed by atoms with Crippen LogP contribution in [0.3, 0.4) is 0 Å². The van der Waals surface area contributed by atoms with Crippen LogP contribution >= 0.6 is 12.2 Å². The van der Waals surface area contributed by atoms with E-state index in [1.165, 1.54) is 12.1 Å². The van der Waals surface area contributed by atoms with E-state index < -0.39 is 0 Å². The zero-order valence-corrected chi connectivity index (χ0v) is 16.6. The molecule has 0 spiro atoms. The third kappa shape index (κ3) is 3.79. The number of methoxy groups -OCH3 is 1. The normalized spacial score (nSPS) is 15.5. The molecule has 0 saturated carbocycles. The van der Waals surface area contributed by atoms with E-state index in [0.717, 1.165) is 35.8 Å². The Bertz CT molecular complexity index is 1030. The first-order valence-electron chi connectivity index (χ1n) is 9.18. The highest BCUT2D eigenvalue weighted by Gasteiger charge is 2.30. The van der Waals surface area contributed by atoms with Gasteiger partial charge in [-0.1, -0.05) is 0 Å². The Balaban J connectivity index is 1.63. The Labute approximate surface area is 173 Å². The number of aromatic nitrogens is 1. The van der Waals surface area contributed by atoms with Gasteiger partial charge in [-0.2, -0.15) is 0 Å². The van der Waals surface area contributed by atoms with Crippen molar-refractivity contribution in [2.24, 2.45) is 0 Å². The van der Waals surface area contributed by atoms with Crippen molar-refractivity contribution in [2.45, 2.75) is 12.6 Å². The molecular formula is C21H20N4O3S. The lowest BCUT2D eigenvalue weighted by molar-refractivity contribution is -0.384. The van der Waals surface area contributed by atoms with Gasteiger partial charge in [0.25, 0.3) is 5.69 Å². The Hall–Kier alpha value is -3.39. The van der Waals surface area contributed by atoms with Gasteiger partial charge in [0.2, 0.25) is 0 Å². The van der Waals surface area contributed by atoms with Crippen LogP contribution in [0.25, 0.3) is 0 Å². The molecule has 3 aromatic rings. The summed E-state index contributed by atoms with van der Waals surface area (Å²) in [4.78, 5) is 12.8. The summed E-state index contributed by atoms with van der Waals surface area (Å²) in [6, 6.07) is 18.2. The van der Waals surface area contributed by atoms with Gasteiger partial charge in [-0.05, 0) is 66.3 Å². The van der Waals surface area contributed by atoms with Gasteiger partial charge in [0, 0.05) is 42.8 Å². The number of benzene rings is 2. The van der Waals surface area contributed by atoms with Crippen LogP contribution in [-0.4, -0.2) is 33.2 Å². The van der Waals surface area contributed by atoms with Crippen LogP contribution in [-0.2, 0) is 6.54 Å². The first-order chi connectivity index (χ1) is 14.1. The molecule has 0 bridgehead atoms. The smallest absolute Gasteiger partial charge is 0.269 e. The standard InChI is InChI=1S/C21H20N4O3S/c1-28-18-10-6-16(7-11-18)22-21(29)24-14-13-23-12-2-3-19(23)20(24)15-4-8-17(9-5-15)25(26)27/h2-12,20H,13-14H2,1H3,(H,22,29)/t20-/m1/s1. The first-order valence-corrected chi connectivity index (χ1v) is 9.58. The average molecular weight is 408 g/mol. The predicted octanol–water partition coefficient (Wildman–Crippen LogP) is 4.21. The summed E-state index contributed by atoms with van der Waals surface area (Å²) in [5, 5.41) is 14.9. The summed E-state index contributed by atoms with van der Waals surface area (Å²) in [5.41, 5.74) is 3.00. The molecule has 1 N–H and O–H groups in total. The summed E-state index contributed by atoms with van der Waals surface area (Å²) < 4.78 is 7.39. The number of nitrogens with one attached hydrogen (secondary N) is 1. The van der Waals surface area contributed by atoms with Crippen LogP contribution in [0.4, 0.5) is 11.4 Å². The minimum Gasteiger partial charge on any atom is -0.497 e. The van der Waals surface area contributed by atoms with Crippen molar-refractivity contribution in [1.29, 1.82) is 0 Å². The monoisotopic (exact) mass is 408 g/mol. The minimum absolute atomic E-state index is 0.0745. The van der Waals surface area contributed by atoms with Crippen molar-refractivity contribution in [3.05, 3.63) is 88.2 Å². The predicted molar refractivity (Wildman–Crippen MR) is 115 cm³/mol. The number of ether oxygens (including phenoxy) is 1. The fourth-order valence-corrected chi connectivity index (χ4v) is 3.92. The summed E-state index contributed by atoms with van der Waals surface area (Å²) in [6.45, 7) is 1.54. The molecule has 0 unspecified atom stereocenters. The molecule has 0 fully saturated rings. The number of anilines is 1. The van der Waals surface area contributed by atoms with Gasteiger partial charge >= 0.3 is 0 Å². The molecule has 2 heterocycles. The molecule has 8 heteroatoms. The van der Waals surface area contributed by atoms with Gasteiger partial charge < -0.3 is 19.5 Å². The second kappa shape index (κ2) is 7.92. The van der Waals surface area contributed by atoms with E-state index in [2.05, 4.69) is 20.9 Å². The van der Waals surface area contributed by atoms with E-state index in [-0.39, 0.29) is 16.7 Å². The molecule has 4 rings (SSSR count). The van der Waals surface area contributed by atoms with E-state index >= 15 is 0 Å². The van der Waals surface area contributed by atoms with Crippen molar-refractivity contribution in [3.63, 3.8) is 0 Å². The van der Waals surface area contributed by atoms with Crippen LogP contribution in [0.5, 0.6) is 5.75 Å². The number of rotatable bonds is 4. The Morgan fingerprint density at radius 1 is 1.14 bits per heavy atom. The molecule has 2 aromatic carbocycles. The summed E-state index contributed by atoms with van der Waals surface area (Å²) in [7, 11) is 1.63. The zero-order chi connectivity index (χ0) is 20.4. The number of nitrogens with zero attached hydrogens (tertiary/aromatic N) is 3. The van der Waals surface area contributed by atoms with Crippen molar-refractivity contribution in [1.82, 2.24) is 9.47 Å². The summed E-state index contributed by atoms with van der Waals surface area (Å²) in [6.07, 6.45) is 2.05. The molecule has 7 nitrogen and oxygen atoms in total. The fourth-order valence-electron chi connectivity index (χ4n) is 3.60. The van der Waals surface area contributed by atoms with E-state index in [1.807, 2.05) is 36.5 Å².